The zero-order chi connectivity index (χ0) is 24.5. The zero-order valence-electron chi connectivity index (χ0n) is 18.1. The number of fused-ring (bicyclic) bond motifs is 1. The van der Waals surface area contributed by atoms with Gasteiger partial charge in [0.15, 0.2) is 5.43 Å². The van der Waals surface area contributed by atoms with Crippen LogP contribution in [0.2, 0.25) is 0 Å². The van der Waals surface area contributed by atoms with Crippen molar-refractivity contribution in [2.45, 2.75) is 12.6 Å². The SMILES string of the molecule is C=C/C=C(\C=C)C1=CCN(C(=O)c2cc(=O)c3cc(-c4ccoc4)cc(C(F)(F)F)c3[nH]2)CC1. The molecule has 174 valence electrons. The smallest absolute Gasteiger partial charge is 0.418 e. The highest BCUT2D eigenvalue weighted by Gasteiger charge is 2.34. The third kappa shape index (κ3) is 4.39. The van der Waals surface area contributed by atoms with Crippen molar-refractivity contribution in [3.05, 3.63) is 107 Å². The standard InChI is InChI=1S/C26H21F3N2O3/c1-3-5-16(4-2)17-6-9-31(10-7-17)25(33)22-14-23(32)20-12-19(18-8-11-34-15-18)13-21(24(20)30-22)26(27,28)29/h3-6,8,11-15H,1-2,7,9-10H2,(H,30,32)/b16-5+. The van der Waals surface area contributed by atoms with Crippen LogP contribution in [0, 0.1) is 0 Å². The van der Waals surface area contributed by atoms with Crippen molar-refractivity contribution < 1.29 is 22.4 Å². The number of furan rings is 1. The minimum atomic E-state index is -4.75. The van der Waals surface area contributed by atoms with Gasteiger partial charge in [0, 0.05) is 30.1 Å². The van der Waals surface area contributed by atoms with Crippen LogP contribution >= 0.6 is 0 Å². The summed E-state index contributed by atoms with van der Waals surface area (Å²) in [5, 5.41) is -0.159. The average molecular weight is 466 g/mol. The lowest BCUT2D eigenvalue weighted by Gasteiger charge is -2.27. The van der Waals surface area contributed by atoms with Gasteiger partial charge in [-0.05, 0) is 41.3 Å². The number of carbonyl (C=O) groups is 1. The van der Waals surface area contributed by atoms with Crippen molar-refractivity contribution in [1.29, 1.82) is 0 Å². The Bertz CT molecular complexity index is 1390. The molecular weight excluding hydrogens is 445 g/mol. The Labute approximate surface area is 193 Å². The van der Waals surface area contributed by atoms with E-state index in [1.54, 1.807) is 12.2 Å². The Kier molecular flexibility index (Phi) is 6.15. The van der Waals surface area contributed by atoms with Gasteiger partial charge in [-0.1, -0.05) is 37.5 Å². The molecule has 1 N–H and O–H groups in total. The number of benzene rings is 1. The maximum absolute atomic E-state index is 13.9. The van der Waals surface area contributed by atoms with Gasteiger partial charge < -0.3 is 14.3 Å². The van der Waals surface area contributed by atoms with Crippen molar-refractivity contribution >= 4 is 16.8 Å². The molecule has 1 amide bonds. The first kappa shape index (κ1) is 23.1. The second-order valence-electron chi connectivity index (χ2n) is 7.80. The summed E-state index contributed by atoms with van der Waals surface area (Å²) in [6, 6.07) is 4.86. The van der Waals surface area contributed by atoms with Crippen LogP contribution in [-0.2, 0) is 6.18 Å². The van der Waals surface area contributed by atoms with Crippen LogP contribution in [0.4, 0.5) is 13.2 Å². The number of aromatic nitrogens is 1. The molecule has 0 saturated carbocycles. The minimum Gasteiger partial charge on any atom is -0.472 e. The van der Waals surface area contributed by atoms with Crippen molar-refractivity contribution in [3.8, 4) is 11.1 Å². The number of rotatable bonds is 5. The quantitative estimate of drug-likeness (QED) is 0.478. The molecule has 0 unspecified atom stereocenters. The molecule has 0 bridgehead atoms. The molecular formula is C26H21F3N2O3. The molecule has 1 aliphatic rings. The van der Waals surface area contributed by atoms with E-state index < -0.39 is 28.6 Å². The van der Waals surface area contributed by atoms with Gasteiger partial charge in [0.05, 0.1) is 23.6 Å². The van der Waals surface area contributed by atoms with E-state index in [0.717, 1.165) is 23.3 Å². The molecule has 0 aliphatic carbocycles. The minimum absolute atomic E-state index is 0.159. The molecule has 5 nitrogen and oxygen atoms in total. The summed E-state index contributed by atoms with van der Waals surface area (Å²) in [5.74, 6) is -0.547. The van der Waals surface area contributed by atoms with Crippen molar-refractivity contribution in [2.24, 2.45) is 0 Å². The number of allylic oxidation sites excluding steroid dienone is 4. The Balaban J connectivity index is 1.74. The second kappa shape index (κ2) is 9.05. The molecule has 0 fully saturated rings. The number of hydrogen-bond acceptors (Lipinski definition) is 3. The monoisotopic (exact) mass is 466 g/mol. The first-order valence-corrected chi connectivity index (χ1v) is 10.5. The van der Waals surface area contributed by atoms with E-state index >= 15 is 0 Å². The number of H-pyrrole nitrogens is 1. The zero-order valence-corrected chi connectivity index (χ0v) is 18.1. The highest BCUT2D eigenvalue weighted by Crippen LogP contribution is 2.37. The normalized spacial score (nSPS) is 14.7. The largest absolute Gasteiger partial charge is 0.472 e. The molecule has 0 spiro atoms. The lowest BCUT2D eigenvalue weighted by Crippen LogP contribution is -2.36. The van der Waals surface area contributed by atoms with Gasteiger partial charge >= 0.3 is 6.18 Å². The molecule has 3 heterocycles. The van der Waals surface area contributed by atoms with E-state index in [-0.39, 0.29) is 23.2 Å². The maximum Gasteiger partial charge on any atom is 0.418 e. The molecule has 8 heteroatoms. The fourth-order valence-electron chi connectivity index (χ4n) is 4.00. The summed E-state index contributed by atoms with van der Waals surface area (Å²) in [6.07, 6.45) is 5.44. The third-order valence-electron chi connectivity index (χ3n) is 5.71. The van der Waals surface area contributed by atoms with E-state index in [2.05, 4.69) is 18.1 Å². The summed E-state index contributed by atoms with van der Waals surface area (Å²) in [6.45, 7) is 8.04. The topological polar surface area (TPSA) is 66.3 Å². The number of aromatic amines is 1. The van der Waals surface area contributed by atoms with Crippen LogP contribution in [0.25, 0.3) is 22.0 Å². The molecule has 4 rings (SSSR count). The third-order valence-corrected chi connectivity index (χ3v) is 5.71. The summed E-state index contributed by atoms with van der Waals surface area (Å²) in [7, 11) is 0. The van der Waals surface area contributed by atoms with Crippen molar-refractivity contribution in [1.82, 2.24) is 9.88 Å². The van der Waals surface area contributed by atoms with Gasteiger partial charge in [0.1, 0.15) is 5.69 Å². The van der Waals surface area contributed by atoms with Crippen LogP contribution in [-0.4, -0.2) is 28.9 Å². The van der Waals surface area contributed by atoms with E-state index in [9.17, 15) is 22.8 Å². The Hall–Kier alpha value is -4.07. The van der Waals surface area contributed by atoms with Crippen LogP contribution in [0.15, 0.2) is 94.6 Å². The molecule has 0 radical (unpaired) electrons. The fraction of sp³-hybridized carbons (Fsp3) is 0.154. The molecule has 3 aromatic rings. The molecule has 34 heavy (non-hydrogen) atoms. The first-order chi connectivity index (χ1) is 16.2. The van der Waals surface area contributed by atoms with E-state index in [0.29, 0.717) is 18.5 Å². The summed E-state index contributed by atoms with van der Waals surface area (Å²) in [4.78, 5) is 29.9. The lowest BCUT2D eigenvalue weighted by molar-refractivity contribution is -0.136. The van der Waals surface area contributed by atoms with Gasteiger partial charge in [0.25, 0.3) is 5.91 Å². The highest BCUT2D eigenvalue weighted by atomic mass is 19.4. The number of alkyl halides is 3. The number of halogens is 3. The lowest BCUT2D eigenvalue weighted by atomic mass is 9.98. The van der Waals surface area contributed by atoms with Gasteiger partial charge in [0.2, 0.25) is 0 Å². The number of pyridine rings is 1. The molecule has 1 aliphatic heterocycles. The van der Waals surface area contributed by atoms with Crippen LogP contribution in [0.3, 0.4) is 0 Å². The average Bonchev–Trinajstić information content (AvgIpc) is 3.36. The predicted octanol–water partition coefficient (Wildman–Crippen LogP) is 5.88. The second-order valence-corrected chi connectivity index (χ2v) is 7.80. The van der Waals surface area contributed by atoms with E-state index in [1.807, 2.05) is 12.2 Å². The first-order valence-electron chi connectivity index (χ1n) is 10.5. The highest BCUT2D eigenvalue weighted by molar-refractivity contribution is 5.96. The van der Waals surface area contributed by atoms with Crippen molar-refractivity contribution in [2.75, 3.05) is 13.1 Å². The summed E-state index contributed by atoms with van der Waals surface area (Å²) >= 11 is 0. The molecule has 0 atom stereocenters. The molecule has 0 saturated heterocycles. The predicted molar refractivity (Wildman–Crippen MR) is 124 cm³/mol. The van der Waals surface area contributed by atoms with E-state index in [4.69, 9.17) is 4.42 Å². The number of hydrogen-bond donors (Lipinski definition) is 1. The summed E-state index contributed by atoms with van der Waals surface area (Å²) < 4.78 is 46.7. The van der Waals surface area contributed by atoms with Crippen LogP contribution in [0.1, 0.15) is 22.5 Å². The van der Waals surface area contributed by atoms with Crippen molar-refractivity contribution in [3.63, 3.8) is 0 Å². The van der Waals surface area contributed by atoms with Crippen LogP contribution in [0.5, 0.6) is 0 Å². The molecule has 1 aromatic carbocycles. The van der Waals surface area contributed by atoms with E-state index in [1.165, 1.54) is 29.6 Å². The number of nitrogens with zero attached hydrogens (tertiary/aromatic N) is 1. The number of nitrogens with one attached hydrogen (secondary N) is 1. The van der Waals surface area contributed by atoms with Gasteiger partial charge in [-0.3, -0.25) is 9.59 Å². The van der Waals surface area contributed by atoms with Gasteiger partial charge in [-0.15, -0.1) is 0 Å². The van der Waals surface area contributed by atoms with Gasteiger partial charge in [-0.2, -0.15) is 13.2 Å². The molecule has 2 aromatic heterocycles. The Morgan fingerprint density at radius 1 is 1.18 bits per heavy atom. The maximum atomic E-state index is 13.9. The summed E-state index contributed by atoms with van der Waals surface area (Å²) in [5.41, 5.74) is 0.169. The fourth-order valence-corrected chi connectivity index (χ4v) is 4.00. The number of carbonyl (C=O) groups excluding carboxylic acids is 1. The Morgan fingerprint density at radius 2 is 1.97 bits per heavy atom. The Morgan fingerprint density at radius 3 is 2.56 bits per heavy atom. The number of amides is 1. The van der Waals surface area contributed by atoms with Gasteiger partial charge in [-0.25, -0.2) is 0 Å². The van der Waals surface area contributed by atoms with Crippen LogP contribution < -0.4 is 5.43 Å².